The lowest BCUT2D eigenvalue weighted by atomic mass is 10.3. The number of anilines is 1. The summed E-state index contributed by atoms with van der Waals surface area (Å²) in [5.74, 6) is 0. The molecule has 0 radical (unpaired) electrons. The molecule has 2 aromatic heterocycles. The van der Waals surface area contributed by atoms with E-state index in [0.29, 0.717) is 0 Å². The Morgan fingerprint density at radius 1 is 1.21 bits per heavy atom. The lowest BCUT2D eigenvalue weighted by Gasteiger charge is -2.17. The number of fused-ring (bicyclic) bond motifs is 1. The highest BCUT2D eigenvalue weighted by Gasteiger charge is 2.15. The van der Waals surface area contributed by atoms with E-state index in [0.717, 1.165) is 5.52 Å². The van der Waals surface area contributed by atoms with Crippen molar-refractivity contribution >= 4 is 27.2 Å². The monoisotopic (exact) mass is 204 g/mol. The van der Waals surface area contributed by atoms with E-state index >= 15 is 0 Å². The Bertz CT molecular complexity index is 443. The molecule has 3 rings (SSSR count). The molecule has 0 unspecified atom stereocenters. The fourth-order valence-electron chi connectivity index (χ4n) is 2.07. The number of thiophene rings is 1. The molecule has 0 amide bonds. The first kappa shape index (κ1) is 8.24. The molecule has 3 heteroatoms. The van der Waals surface area contributed by atoms with Gasteiger partial charge in [-0.05, 0) is 30.4 Å². The van der Waals surface area contributed by atoms with Crippen LogP contribution in [-0.2, 0) is 0 Å². The van der Waals surface area contributed by atoms with E-state index in [9.17, 15) is 0 Å². The molecular weight excluding hydrogens is 192 g/mol. The number of rotatable bonds is 1. The Morgan fingerprint density at radius 3 is 2.93 bits per heavy atom. The number of hydrogen-bond acceptors (Lipinski definition) is 3. The van der Waals surface area contributed by atoms with Crippen LogP contribution in [0.15, 0.2) is 23.7 Å². The molecule has 1 saturated heterocycles. The SMILES string of the molecule is c1cc(N2CCCC2)c2sccc2n1. The lowest BCUT2D eigenvalue weighted by Crippen LogP contribution is -2.17. The number of aromatic nitrogens is 1. The Kier molecular flexibility index (Phi) is 1.91. The van der Waals surface area contributed by atoms with E-state index in [1.165, 1.54) is 36.3 Å². The number of nitrogens with zero attached hydrogens (tertiary/aromatic N) is 2. The van der Waals surface area contributed by atoms with E-state index in [1.807, 2.05) is 6.20 Å². The average Bonchev–Trinajstić information content (AvgIpc) is 2.88. The van der Waals surface area contributed by atoms with Crippen LogP contribution in [0.25, 0.3) is 10.2 Å². The van der Waals surface area contributed by atoms with Gasteiger partial charge in [0.1, 0.15) is 0 Å². The topological polar surface area (TPSA) is 16.1 Å². The summed E-state index contributed by atoms with van der Waals surface area (Å²) in [6.45, 7) is 2.41. The summed E-state index contributed by atoms with van der Waals surface area (Å²) < 4.78 is 1.34. The van der Waals surface area contributed by atoms with Crippen LogP contribution in [0.1, 0.15) is 12.8 Å². The van der Waals surface area contributed by atoms with Crippen molar-refractivity contribution in [3.05, 3.63) is 23.7 Å². The molecule has 1 aliphatic rings. The molecule has 72 valence electrons. The van der Waals surface area contributed by atoms with E-state index in [-0.39, 0.29) is 0 Å². The van der Waals surface area contributed by atoms with Gasteiger partial charge in [0.15, 0.2) is 0 Å². The zero-order valence-corrected chi connectivity index (χ0v) is 8.76. The average molecular weight is 204 g/mol. The first-order valence-electron chi connectivity index (χ1n) is 5.02. The van der Waals surface area contributed by atoms with Gasteiger partial charge < -0.3 is 4.90 Å². The third-order valence-corrected chi connectivity index (χ3v) is 3.70. The molecule has 0 N–H and O–H groups in total. The van der Waals surface area contributed by atoms with Gasteiger partial charge in [-0.2, -0.15) is 0 Å². The second kappa shape index (κ2) is 3.24. The first-order chi connectivity index (χ1) is 6.95. The van der Waals surface area contributed by atoms with E-state index in [2.05, 4.69) is 27.4 Å². The summed E-state index contributed by atoms with van der Waals surface area (Å²) in [7, 11) is 0. The Labute approximate surface area is 87.2 Å². The van der Waals surface area contributed by atoms with Crippen molar-refractivity contribution in [3.8, 4) is 0 Å². The van der Waals surface area contributed by atoms with Gasteiger partial charge in [0.25, 0.3) is 0 Å². The highest BCUT2D eigenvalue weighted by Crippen LogP contribution is 2.31. The summed E-state index contributed by atoms with van der Waals surface area (Å²) in [5.41, 5.74) is 2.52. The summed E-state index contributed by atoms with van der Waals surface area (Å²) in [6.07, 6.45) is 4.58. The zero-order valence-electron chi connectivity index (χ0n) is 7.94. The molecule has 0 atom stereocenters. The third-order valence-electron chi connectivity index (χ3n) is 2.77. The normalized spacial score (nSPS) is 16.7. The maximum atomic E-state index is 4.36. The van der Waals surface area contributed by atoms with Crippen molar-refractivity contribution in [2.75, 3.05) is 18.0 Å². The molecule has 1 aliphatic heterocycles. The molecule has 0 spiro atoms. The zero-order chi connectivity index (χ0) is 9.38. The minimum Gasteiger partial charge on any atom is -0.370 e. The largest absolute Gasteiger partial charge is 0.370 e. The van der Waals surface area contributed by atoms with Crippen molar-refractivity contribution in [3.63, 3.8) is 0 Å². The third kappa shape index (κ3) is 1.20. The van der Waals surface area contributed by atoms with Crippen LogP contribution >= 0.6 is 11.3 Å². The van der Waals surface area contributed by atoms with Crippen molar-refractivity contribution < 1.29 is 0 Å². The molecule has 0 aliphatic carbocycles. The van der Waals surface area contributed by atoms with Crippen molar-refractivity contribution in [1.82, 2.24) is 4.98 Å². The molecule has 14 heavy (non-hydrogen) atoms. The van der Waals surface area contributed by atoms with Gasteiger partial charge in [-0.25, -0.2) is 0 Å². The molecule has 2 nitrogen and oxygen atoms in total. The second-order valence-electron chi connectivity index (χ2n) is 3.66. The molecule has 0 saturated carbocycles. The lowest BCUT2D eigenvalue weighted by molar-refractivity contribution is 0.949. The van der Waals surface area contributed by atoms with Crippen LogP contribution in [0.3, 0.4) is 0 Å². The summed E-state index contributed by atoms with van der Waals surface area (Å²) in [6, 6.07) is 4.24. The highest BCUT2D eigenvalue weighted by atomic mass is 32.1. The van der Waals surface area contributed by atoms with Crippen LogP contribution in [0.2, 0.25) is 0 Å². The molecule has 0 aromatic carbocycles. The minimum absolute atomic E-state index is 1.14. The predicted octanol–water partition coefficient (Wildman–Crippen LogP) is 2.90. The summed E-state index contributed by atoms with van der Waals surface area (Å²) in [4.78, 5) is 6.83. The van der Waals surface area contributed by atoms with Gasteiger partial charge in [0, 0.05) is 19.3 Å². The van der Waals surface area contributed by atoms with Gasteiger partial charge in [-0.15, -0.1) is 11.3 Å². The highest BCUT2D eigenvalue weighted by molar-refractivity contribution is 7.17. The van der Waals surface area contributed by atoms with Gasteiger partial charge in [0.05, 0.1) is 15.9 Å². The number of hydrogen-bond donors (Lipinski definition) is 0. The first-order valence-corrected chi connectivity index (χ1v) is 5.90. The quantitative estimate of drug-likeness (QED) is 0.710. The van der Waals surface area contributed by atoms with Crippen LogP contribution in [-0.4, -0.2) is 18.1 Å². The second-order valence-corrected chi connectivity index (χ2v) is 4.58. The molecule has 1 fully saturated rings. The van der Waals surface area contributed by atoms with Gasteiger partial charge >= 0.3 is 0 Å². The summed E-state index contributed by atoms with van der Waals surface area (Å²) >= 11 is 1.80. The maximum Gasteiger partial charge on any atom is 0.0830 e. The Balaban J connectivity index is 2.14. The fourth-order valence-corrected chi connectivity index (χ4v) is 2.96. The maximum absolute atomic E-state index is 4.36. The van der Waals surface area contributed by atoms with Gasteiger partial charge in [0.2, 0.25) is 0 Å². The number of pyridine rings is 1. The van der Waals surface area contributed by atoms with E-state index < -0.39 is 0 Å². The molecule has 0 bridgehead atoms. The van der Waals surface area contributed by atoms with E-state index in [4.69, 9.17) is 0 Å². The standard InChI is InChI=1S/C11H12N2S/c1-2-7-13(6-1)10-3-5-12-9-4-8-14-11(9)10/h3-5,8H,1-2,6-7H2. The molecule has 3 heterocycles. The molecular formula is C11H12N2S. The van der Waals surface area contributed by atoms with Crippen molar-refractivity contribution in [2.24, 2.45) is 0 Å². The van der Waals surface area contributed by atoms with Gasteiger partial charge in [-0.1, -0.05) is 0 Å². The van der Waals surface area contributed by atoms with Gasteiger partial charge in [-0.3, -0.25) is 4.98 Å². The smallest absolute Gasteiger partial charge is 0.0830 e. The minimum atomic E-state index is 1.14. The van der Waals surface area contributed by atoms with Crippen molar-refractivity contribution in [1.29, 1.82) is 0 Å². The predicted molar refractivity (Wildman–Crippen MR) is 61.1 cm³/mol. The van der Waals surface area contributed by atoms with Crippen LogP contribution in [0.5, 0.6) is 0 Å². The van der Waals surface area contributed by atoms with Crippen LogP contribution < -0.4 is 4.90 Å². The Morgan fingerprint density at radius 2 is 2.07 bits per heavy atom. The van der Waals surface area contributed by atoms with Crippen molar-refractivity contribution in [2.45, 2.75) is 12.8 Å². The molecule has 2 aromatic rings. The van der Waals surface area contributed by atoms with Crippen LogP contribution in [0, 0.1) is 0 Å². The fraction of sp³-hybridized carbons (Fsp3) is 0.364. The van der Waals surface area contributed by atoms with E-state index in [1.54, 1.807) is 11.3 Å². The Hall–Kier alpha value is -1.09. The van der Waals surface area contributed by atoms with Crippen LogP contribution in [0.4, 0.5) is 5.69 Å². The summed E-state index contributed by atoms with van der Waals surface area (Å²) in [5, 5.41) is 2.12.